The number of fused-ring (bicyclic) bond motifs is 4. The van der Waals surface area contributed by atoms with Crippen LogP contribution in [-0.2, 0) is 16.1 Å². The molecule has 2 aromatic rings. The number of hydrogen-bond acceptors (Lipinski definition) is 5. The van der Waals surface area contributed by atoms with Crippen molar-refractivity contribution in [2.75, 3.05) is 39.4 Å². The molecule has 2 aromatic heterocycles. The molecule has 160 valence electrons. The molecule has 0 radical (unpaired) electrons. The maximum Gasteiger partial charge on any atom is 0.251 e. The quantitative estimate of drug-likeness (QED) is 0.774. The fourth-order valence-electron chi connectivity index (χ4n) is 5.42. The summed E-state index contributed by atoms with van der Waals surface area (Å²) in [5.41, 5.74) is 0.922. The van der Waals surface area contributed by atoms with Crippen LogP contribution in [0.15, 0.2) is 39.5 Å². The highest BCUT2D eigenvalue weighted by atomic mass is 16.5. The molecule has 0 aromatic carbocycles. The smallest absolute Gasteiger partial charge is 0.251 e. The molecule has 2 bridgehead atoms. The summed E-state index contributed by atoms with van der Waals surface area (Å²) in [5, 5.41) is 0. The van der Waals surface area contributed by atoms with Gasteiger partial charge in [0.25, 0.3) is 5.56 Å². The van der Waals surface area contributed by atoms with Gasteiger partial charge in [0.2, 0.25) is 5.91 Å². The van der Waals surface area contributed by atoms with E-state index in [4.69, 9.17) is 9.15 Å². The van der Waals surface area contributed by atoms with Gasteiger partial charge in [0.05, 0.1) is 13.2 Å². The van der Waals surface area contributed by atoms with Crippen molar-refractivity contribution in [3.63, 3.8) is 0 Å². The van der Waals surface area contributed by atoms with Crippen molar-refractivity contribution in [2.24, 2.45) is 5.92 Å². The number of piperidine rings is 1. The number of rotatable bonds is 3. The van der Waals surface area contributed by atoms with Crippen LogP contribution in [0, 0.1) is 12.8 Å². The van der Waals surface area contributed by atoms with Gasteiger partial charge in [-0.3, -0.25) is 19.1 Å². The SMILES string of the molecule is Cc1ccc(CN2C[C@H]3C[C@@H](C2)[C@H](C(=O)N2CCCOCC2)n2c3cccc2=O)o1. The number of ether oxygens (including phenoxy) is 1. The molecule has 0 spiro atoms. The molecule has 30 heavy (non-hydrogen) atoms. The Balaban J connectivity index is 1.47. The van der Waals surface area contributed by atoms with Crippen LogP contribution in [0.5, 0.6) is 0 Å². The van der Waals surface area contributed by atoms with E-state index in [2.05, 4.69) is 4.90 Å². The molecular formula is C23H29N3O4. The molecule has 2 fully saturated rings. The second-order valence-corrected chi connectivity index (χ2v) is 8.79. The topological polar surface area (TPSA) is 67.9 Å². The third-order valence-electron chi connectivity index (χ3n) is 6.69. The molecule has 3 atom stereocenters. The number of amides is 1. The summed E-state index contributed by atoms with van der Waals surface area (Å²) in [4.78, 5) is 30.8. The summed E-state index contributed by atoms with van der Waals surface area (Å²) in [6.45, 7) is 6.89. The summed E-state index contributed by atoms with van der Waals surface area (Å²) in [6, 6.07) is 9.00. The van der Waals surface area contributed by atoms with Gasteiger partial charge >= 0.3 is 0 Å². The maximum absolute atomic E-state index is 13.7. The van der Waals surface area contributed by atoms with Crippen molar-refractivity contribution >= 4 is 5.91 Å². The first-order chi connectivity index (χ1) is 14.6. The standard InChI is InChI=1S/C23H29N3O4/c1-16-6-7-19(30-16)15-24-13-17-12-18(14-24)22(26-20(17)4-2-5-21(26)27)23(28)25-8-3-10-29-11-9-25/h2,4-7,17-18,22H,3,8-15H2,1H3/t17-,18+,22-/m1/s1. The predicted octanol–water partition coefficient (Wildman–Crippen LogP) is 2.16. The van der Waals surface area contributed by atoms with E-state index in [0.717, 1.165) is 49.7 Å². The number of furan rings is 1. The van der Waals surface area contributed by atoms with E-state index in [1.54, 1.807) is 10.6 Å². The molecular weight excluding hydrogens is 382 g/mol. The number of hydrogen-bond donors (Lipinski definition) is 0. The van der Waals surface area contributed by atoms with E-state index < -0.39 is 6.04 Å². The average molecular weight is 412 g/mol. The van der Waals surface area contributed by atoms with E-state index in [0.29, 0.717) is 26.3 Å². The average Bonchev–Trinajstić information content (AvgIpc) is 2.97. The van der Waals surface area contributed by atoms with Gasteiger partial charge in [-0.05, 0) is 38.0 Å². The van der Waals surface area contributed by atoms with Crippen LogP contribution in [0.25, 0.3) is 0 Å². The van der Waals surface area contributed by atoms with Crippen LogP contribution in [-0.4, -0.2) is 59.7 Å². The van der Waals surface area contributed by atoms with Crippen molar-refractivity contribution in [3.8, 4) is 0 Å². The van der Waals surface area contributed by atoms with Gasteiger partial charge in [0.15, 0.2) is 0 Å². The van der Waals surface area contributed by atoms with Crippen LogP contribution in [0.3, 0.4) is 0 Å². The Bertz CT molecular complexity index is 973. The summed E-state index contributed by atoms with van der Waals surface area (Å²) in [7, 11) is 0. The lowest BCUT2D eigenvalue weighted by molar-refractivity contribution is -0.138. The summed E-state index contributed by atoms with van der Waals surface area (Å²) >= 11 is 0. The minimum absolute atomic E-state index is 0.0641. The van der Waals surface area contributed by atoms with Crippen LogP contribution in [0.4, 0.5) is 0 Å². The second kappa shape index (κ2) is 8.04. The fraction of sp³-hybridized carbons (Fsp3) is 0.565. The minimum atomic E-state index is -0.441. The number of aromatic nitrogens is 1. The van der Waals surface area contributed by atoms with Gasteiger partial charge in [0.1, 0.15) is 17.6 Å². The summed E-state index contributed by atoms with van der Waals surface area (Å²) in [6.07, 6.45) is 1.78. The third kappa shape index (κ3) is 3.61. The number of aryl methyl sites for hydroxylation is 1. The first-order valence-electron chi connectivity index (χ1n) is 11.0. The first kappa shape index (κ1) is 19.6. The Morgan fingerprint density at radius 3 is 2.87 bits per heavy atom. The lowest BCUT2D eigenvalue weighted by atomic mass is 9.78. The van der Waals surface area contributed by atoms with Gasteiger partial charge in [-0.15, -0.1) is 0 Å². The molecule has 7 nitrogen and oxygen atoms in total. The molecule has 2 saturated heterocycles. The largest absolute Gasteiger partial charge is 0.465 e. The van der Waals surface area contributed by atoms with Crippen LogP contribution in [0.1, 0.15) is 42.0 Å². The van der Waals surface area contributed by atoms with Gasteiger partial charge < -0.3 is 14.1 Å². The summed E-state index contributed by atoms with van der Waals surface area (Å²) < 4.78 is 13.1. The molecule has 3 aliphatic heterocycles. The molecule has 5 rings (SSSR count). The number of carbonyl (C=O) groups is 1. The number of pyridine rings is 1. The monoisotopic (exact) mass is 411 g/mol. The zero-order chi connectivity index (χ0) is 20.7. The Morgan fingerprint density at radius 1 is 1.13 bits per heavy atom. The van der Waals surface area contributed by atoms with Crippen molar-refractivity contribution in [2.45, 2.75) is 38.3 Å². The molecule has 3 aliphatic rings. The zero-order valence-electron chi connectivity index (χ0n) is 17.5. The number of carbonyl (C=O) groups excluding carboxylic acids is 1. The highest BCUT2D eigenvalue weighted by molar-refractivity contribution is 5.81. The second-order valence-electron chi connectivity index (χ2n) is 8.79. The Labute approximate surface area is 176 Å². The first-order valence-corrected chi connectivity index (χ1v) is 11.0. The third-order valence-corrected chi connectivity index (χ3v) is 6.69. The van der Waals surface area contributed by atoms with Crippen LogP contribution in [0.2, 0.25) is 0 Å². The molecule has 7 heteroatoms. The van der Waals surface area contributed by atoms with E-state index >= 15 is 0 Å². The minimum Gasteiger partial charge on any atom is -0.465 e. The van der Waals surface area contributed by atoms with E-state index in [1.807, 2.05) is 36.1 Å². The highest BCUT2D eigenvalue weighted by Crippen LogP contribution is 2.42. The molecule has 1 amide bonds. The van der Waals surface area contributed by atoms with Crippen molar-refractivity contribution in [1.29, 1.82) is 0 Å². The van der Waals surface area contributed by atoms with Crippen molar-refractivity contribution < 1.29 is 13.9 Å². The van der Waals surface area contributed by atoms with E-state index in [1.165, 1.54) is 0 Å². The Morgan fingerprint density at radius 2 is 2.03 bits per heavy atom. The van der Waals surface area contributed by atoms with Gasteiger partial charge in [-0.2, -0.15) is 0 Å². The van der Waals surface area contributed by atoms with Crippen LogP contribution >= 0.6 is 0 Å². The van der Waals surface area contributed by atoms with Crippen molar-refractivity contribution in [1.82, 2.24) is 14.4 Å². The highest BCUT2D eigenvalue weighted by Gasteiger charge is 2.45. The molecule has 0 aliphatic carbocycles. The molecule has 0 N–H and O–H groups in total. The lowest BCUT2D eigenvalue weighted by Crippen LogP contribution is -2.54. The van der Waals surface area contributed by atoms with E-state index in [9.17, 15) is 9.59 Å². The number of likely N-dealkylation sites (tertiary alicyclic amines) is 1. The molecule has 0 unspecified atom stereocenters. The maximum atomic E-state index is 13.7. The molecule has 5 heterocycles. The van der Waals surface area contributed by atoms with E-state index in [-0.39, 0.29) is 23.3 Å². The molecule has 0 saturated carbocycles. The number of nitrogens with zero attached hydrogens (tertiary/aromatic N) is 3. The Hall–Kier alpha value is -2.38. The fourth-order valence-corrected chi connectivity index (χ4v) is 5.42. The van der Waals surface area contributed by atoms with Crippen molar-refractivity contribution in [3.05, 3.63) is 57.9 Å². The Kier molecular flexibility index (Phi) is 5.25. The van der Waals surface area contributed by atoms with Gasteiger partial charge in [-0.25, -0.2) is 0 Å². The van der Waals surface area contributed by atoms with Gasteiger partial charge in [-0.1, -0.05) is 6.07 Å². The summed E-state index contributed by atoms with van der Waals surface area (Å²) in [5.74, 6) is 2.30. The lowest BCUT2D eigenvalue weighted by Gasteiger charge is -2.47. The van der Waals surface area contributed by atoms with Crippen LogP contribution < -0.4 is 5.56 Å². The zero-order valence-corrected chi connectivity index (χ0v) is 17.5. The van der Waals surface area contributed by atoms with Gasteiger partial charge in [0, 0.05) is 56.4 Å². The predicted molar refractivity (Wildman–Crippen MR) is 111 cm³/mol. The normalized spacial score (nSPS) is 26.8.